The van der Waals surface area contributed by atoms with Crippen molar-refractivity contribution in [2.75, 3.05) is 0 Å². The minimum atomic E-state index is -0.915. The van der Waals surface area contributed by atoms with Gasteiger partial charge >= 0.3 is 5.97 Å². The summed E-state index contributed by atoms with van der Waals surface area (Å²) < 4.78 is 1.81. The summed E-state index contributed by atoms with van der Waals surface area (Å²) in [5.41, 5.74) is 1.18. The molecule has 0 amide bonds. The number of carboxylic acid groups (broad SMARTS) is 1. The third kappa shape index (κ3) is 1.50. The monoisotopic (exact) mass is 188 g/mol. The average molecular weight is 188 g/mol. The van der Waals surface area contributed by atoms with E-state index in [0.29, 0.717) is 0 Å². The maximum Gasteiger partial charge on any atom is 0.335 e. The molecule has 0 spiro atoms. The van der Waals surface area contributed by atoms with Crippen molar-refractivity contribution < 1.29 is 9.90 Å². The summed E-state index contributed by atoms with van der Waals surface area (Å²) in [5.74, 6) is -0.915. The number of aromatic carboxylic acids is 1. The molecule has 4 heteroatoms. The van der Waals surface area contributed by atoms with Crippen molar-refractivity contribution in [1.29, 1.82) is 0 Å². The maximum absolute atomic E-state index is 10.6. The summed E-state index contributed by atoms with van der Waals surface area (Å²) in [6, 6.07) is 6.62. The fraction of sp³-hybridized carbons (Fsp3) is 0. The number of hydrogen-bond donors (Lipinski definition) is 1. The Hall–Kier alpha value is -2.10. The van der Waals surface area contributed by atoms with Gasteiger partial charge in [-0.2, -0.15) is 0 Å². The van der Waals surface area contributed by atoms with E-state index in [9.17, 15) is 4.79 Å². The fourth-order valence-corrected chi connectivity index (χ4v) is 1.19. The van der Waals surface area contributed by atoms with E-state index in [4.69, 9.17) is 5.11 Å². The van der Waals surface area contributed by atoms with Crippen LogP contribution in [0.1, 0.15) is 10.4 Å². The zero-order valence-electron chi connectivity index (χ0n) is 7.29. The van der Waals surface area contributed by atoms with E-state index in [-0.39, 0.29) is 5.56 Å². The van der Waals surface area contributed by atoms with Crippen LogP contribution in [0.15, 0.2) is 43.0 Å². The van der Waals surface area contributed by atoms with E-state index in [1.807, 2.05) is 4.57 Å². The van der Waals surface area contributed by atoms with Crippen molar-refractivity contribution in [2.24, 2.45) is 0 Å². The second kappa shape index (κ2) is 3.33. The Morgan fingerprint density at radius 1 is 1.29 bits per heavy atom. The molecular formula is C10H8N2O2. The summed E-state index contributed by atoms with van der Waals surface area (Å²) in [4.78, 5) is 14.5. The van der Waals surface area contributed by atoms with Crippen LogP contribution in [0.3, 0.4) is 0 Å². The van der Waals surface area contributed by atoms with Crippen LogP contribution in [0, 0.1) is 0 Å². The van der Waals surface area contributed by atoms with Crippen LogP contribution in [0.25, 0.3) is 5.69 Å². The van der Waals surface area contributed by atoms with Gasteiger partial charge in [-0.3, -0.25) is 0 Å². The lowest BCUT2D eigenvalue weighted by Crippen LogP contribution is -1.96. The Bertz CT molecular complexity index is 432. The summed E-state index contributed by atoms with van der Waals surface area (Å²) in [6.45, 7) is 0. The Balaban J connectivity index is 2.36. The molecule has 1 aromatic carbocycles. The Labute approximate surface area is 80.4 Å². The third-order valence-corrected chi connectivity index (χ3v) is 1.92. The van der Waals surface area contributed by atoms with Crippen molar-refractivity contribution in [3.63, 3.8) is 0 Å². The van der Waals surface area contributed by atoms with Crippen LogP contribution in [0.5, 0.6) is 0 Å². The summed E-state index contributed by atoms with van der Waals surface area (Å²) >= 11 is 0. The van der Waals surface area contributed by atoms with Gasteiger partial charge in [-0.25, -0.2) is 9.78 Å². The maximum atomic E-state index is 10.6. The van der Waals surface area contributed by atoms with Crippen molar-refractivity contribution in [3.05, 3.63) is 48.5 Å². The quantitative estimate of drug-likeness (QED) is 0.778. The lowest BCUT2D eigenvalue weighted by molar-refractivity contribution is 0.0697. The highest BCUT2D eigenvalue weighted by Gasteiger charge is 2.01. The largest absolute Gasteiger partial charge is 0.478 e. The third-order valence-electron chi connectivity index (χ3n) is 1.92. The first kappa shape index (κ1) is 8.50. The minimum Gasteiger partial charge on any atom is -0.478 e. The predicted molar refractivity (Wildman–Crippen MR) is 50.5 cm³/mol. The summed E-state index contributed by atoms with van der Waals surface area (Å²) in [7, 11) is 0. The molecule has 0 bridgehead atoms. The standard InChI is InChI=1S/C10H8N2O2/c13-10(14)8-1-3-9(4-2-8)12-6-5-11-7-12/h1-7H,(H,13,14). The number of imidazole rings is 1. The molecule has 0 unspecified atom stereocenters. The van der Waals surface area contributed by atoms with Gasteiger partial charge in [0, 0.05) is 18.1 Å². The van der Waals surface area contributed by atoms with Crippen LogP contribution in [-0.4, -0.2) is 20.6 Å². The first-order valence-electron chi connectivity index (χ1n) is 4.09. The normalized spacial score (nSPS) is 10.0. The van der Waals surface area contributed by atoms with Crippen molar-refractivity contribution >= 4 is 5.97 Å². The van der Waals surface area contributed by atoms with E-state index < -0.39 is 5.97 Å². The molecule has 0 aliphatic heterocycles. The molecule has 0 fully saturated rings. The number of rotatable bonds is 2. The predicted octanol–water partition coefficient (Wildman–Crippen LogP) is 1.57. The zero-order chi connectivity index (χ0) is 9.97. The van der Waals surface area contributed by atoms with E-state index in [1.165, 1.54) is 0 Å². The highest BCUT2D eigenvalue weighted by Crippen LogP contribution is 2.08. The first-order chi connectivity index (χ1) is 6.77. The molecule has 2 rings (SSSR count). The van der Waals surface area contributed by atoms with E-state index in [0.717, 1.165) is 5.69 Å². The van der Waals surface area contributed by atoms with Crippen LogP contribution in [0.4, 0.5) is 0 Å². The van der Waals surface area contributed by atoms with Crippen LogP contribution in [-0.2, 0) is 0 Å². The second-order valence-electron chi connectivity index (χ2n) is 2.82. The highest BCUT2D eigenvalue weighted by molar-refractivity contribution is 5.87. The molecule has 0 saturated carbocycles. The zero-order valence-corrected chi connectivity index (χ0v) is 7.29. The number of carbonyl (C=O) groups is 1. The van der Waals surface area contributed by atoms with Gasteiger partial charge in [0.15, 0.2) is 0 Å². The molecule has 0 radical (unpaired) electrons. The van der Waals surface area contributed by atoms with E-state index in [2.05, 4.69) is 4.98 Å². The molecule has 4 nitrogen and oxygen atoms in total. The van der Waals surface area contributed by atoms with Crippen LogP contribution < -0.4 is 0 Å². The Kier molecular flexibility index (Phi) is 2.02. The SMILES string of the molecule is O=C(O)c1ccc(-n2ccnc2)cc1. The lowest BCUT2D eigenvalue weighted by Gasteiger charge is -2.01. The van der Waals surface area contributed by atoms with Crippen molar-refractivity contribution in [2.45, 2.75) is 0 Å². The van der Waals surface area contributed by atoms with Crippen LogP contribution in [0.2, 0.25) is 0 Å². The van der Waals surface area contributed by atoms with E-state index in [1.54, 1.807) is 43.0 Å². The molecule has 70 valence electrons. The molecule has 0 saturated heterocycles. The van der Waals surface area contributed by atoms with Gasteiger partial charge in [0.05, 0.1) is 11.9 Å². The van der Waals surface area contributed by atoms with Gasteiger partial charge in [-0.1, -0.05) is 0 Å². The van der Waals surface area contributed by atoms with Gasteiger partial charge in [-0.05, 0) is 24.3 Å². The number of carboxylic acids is 1. The van der Waals surface area contributed by atoms with E-state index >= 15 is 0 Å². The van der Waals surface area contributed by atoms with Crippen molar-refractivity contribution in [3.8, 4) is 5.69 Å². The molecule has 1 aromatic heterocycles. The lowest BCUT2D eigenvalue weighted by atomic mass is 10.2. The summed E-state index contributed by atoms with van der Waals surface area (Å²) in [5, 5.41) is 8.69. The van der Waals surface area contributed by atoms with Gasteiger partial charge in [0.25, 0.3) is 0 Å². The molecular weight excluding hydrogens is 180 g/mol. The molecule has 0 atom stereocenters. The number of hydrogen-bond acceptors (Lipinski definition) is 2. The van der Waals surface area contributed by atoms with Crippen LogP contribution >= 0.6 is 0 Å². The molecule has 1 heterocycles. The number of benzene rings is 1. The van der Waals surface area contributed by atoms with Gasteiger partial charge in [0.1, 0.15) is 0 Å². The van der Waals surface area contributed by atoms with Gasteiger partial charge in [-0.15, -0.1) is 0 Å². The van der Waals surface area contributed by atoms with Crippen molar-refractivity contribution in [1.82, 2.24) is 9.55 Å². The summed E-state index contributed by atoms with van der Waals surface area (Å²) in [6.07, 6.45) is 5.14. The second-order valence-corrected chi connectivity index (χ2v) is 2.82. The minimum absolute atomic E-state index is 0.286. The fourth-order valence-electron chi connectivity index (χ4n) is 1.19. The molecule has 2 aromatic rings. The molecule has 0 aliphatic carbocycles. The highest BCUT2D eigenvalue weighted by atomic mass is 16.4. The molecule has 1 N–H and O–H groups in total. The number of nitrogens with zero attached hydrogens (tertiary/aromatic N) is 2. The topological polar surface area (TPSA) is 55.1 Å². The number of aromatic nitrogens is 2. The first-order valence-corrected chi connectivity index (χ1v) is 4.09. The average Bonchev–Trinajstić information content (AvgIpc) is 2.71. The Morgan fingerprint density at radius 2 is 2.00 bits per heavy atom. The van der Waals surface area contributed by atoms with Gasteiger partial charge < -0.3 is 9.67 Å². The molecule has 14 heavy (non-hydrogen) atoms. The molecule has 0 aliphatic rings. The smallest absolute Gasteiger partial charge is 0.335 e. The Morgan fingerprint density at radius 3 is 2.50 bits per heavy atom. The van der Waals surface area contributed by atoms with Gasteiger partial charge in [0.2, 0.25) is 0 Å².